The zero-order valence-electron chi connectivity index (χ0n) is 8.60. The zero-order valence-corrected chi connectivity index (χ0v) is 10.2. The van der Waals surface area contributed by atoms with Crippen molar-refractivity contribution in [1.82, 2.24) is 0 Å². The maximum atomic E-state index is 12.0. The molecule has 1 aliphatic heterocycles. The van der Waals surface area contributed by atoms with Gasteiger partial charge in [-0.1, -0.05) is 23.8 Å². The number of fused-ring (bicyclic) bond motifs is 1. The van der Waals surface area contributed by atoms with Gasteiger partial charge in [0.1, 0.15) is 5.76 Å². The van der Waals surface area contributed by atoms with Gasteiger partial charge in [0.05, 0.1) is 18.2 Å². The maximum Gasteiger partial charge on any atom is 0.529 e. The molecule has 0 aromatic heterocycles. The summed E-state index contributed by atoms with van der Waals surface area (Å²) in [6, 6.07) is 0. The number of halogens is 1. The van der Waals surface area contributed by atoms with Crippen LogP contribution in [-0.2, 0) is 18.1 Å². The van der Waals surface area contributed by atoms with Crippen LogP contribution in [0.2, 0.25) is 0 Å². The van der Waals surface area contributed by atoms with Crippen LogP contribution in [0.3, 0.4) is 0 Å². The van der Waals surface area contributed by atoms with E-state index in [4.69, 9.17) is 25.2 Å². The number of phosphoric ester groups is 1. The van der Waals surface area contributed by atoms with Crippen LogP contribution in [0.25, 0.3) is 0 Å². The molecule has 4 nitrogen and oxygen atoms in total. The first kappa shape index (κ1) is 10.8. The number of rotatable bonds is 2. The molecule has 88 valence electrons. The molecule has 0 saturated carbocycles. The Balaban J connectivity index is 1.74. The molecule has 3 aliphatic rings. The minimum absolute atomic E-state index is 0.229. The van der Waals surface area contributed by atoms with Gasteiger partial charge in [0.2, 0.25) is 0 Å². The first-order valence-electron chi connectivity index (χ1n) is 5.34. The summed E-state index contributed by atoms with van der Waals surface area (Å²) in [5, 5.41) is 0.631. The third kappa shape index (κ3) is 1.65. The molecule has 3 rings (SSSR count). The number of allylic oxidation sites excluding steroid dienone is 4. The van der Waals surface area contributed by atoms with E-state index in [-0.39, 0.29) is 11.8 Å². The highest BCUT2D eigenvalue weighted by Gasteiger charge is 2.46. The quantitative estimate of drug-likeness (QED) is 0.566. The molecule has 0 spiro atoms. The van der Waals surface area contributed by atoms with Crippen molar-refractivity contribution in [2.45, 2.75) is 12.8 Å². The largest absolute Gasteiger partial charge is 0.529 e. The number of hydrogen-bond donors (Lipinski definition) is 0. The SMILES string of the molecule is O=P1(OC2=C(Cl)C3C=CCC23)OCCCO1. The Labute approximate surface area is 98.8 Å². The van der Waals surface area contributed by atoms with Crippen LogP contribution in [0, 0.1) is 11.8 Å². The highest BCUT2D eigenvalue weighted by Crippen LogP contribution is 2.60. The molecule has 0 bridgehead atoms. The Hall–Kier alpha value is -0.280. The lowest BCUT2D eigenvalue weighted by molar-refractivity contribution is 0.0796. The van der Waals surface area contributed by atoms with Crippen LogP contribution < -0.4 is 0 Å². The standard InChI is InChI=1S/C10H12ClO4P/c11-9-7-3-1-4-8(7)10(9)15-16(12)13-5-2-6-14-16/h1,3,7-8H,2,4-6H2. The first-order chi connectivity index (χ1) is 7.70. The van der Waals surface area contributed by atoms with Crippen LogP contribution in [0.4, 0.5) is 0 Å². The zero-order chi connectivity index (χ0) is 11.2. The summed E-state index contributed by atoms with van der Waals surface area (Å²) in [6.45, 7) is 0.822. The summed E-state index contributed by atoms with van der Waals surface area (Å²) in [5.74, 6) is 1.06. The topological polar surface area (TPSA) is 44.8 Å². The van der Waals surface area contributed by atoms with Gasteiger partial charge >= 0.3 is 7.82 Å². The molecule has 2 atom stereocenters. The summed E-state index contributed by atoms with van der Waals surface area (Å²) >= 11 is 6.07. The number of phosphoric acid groups is 1. The second kappa shape index (κ2) is 3.88. The lowest BCUT2D eigenvalue weighted by atomic mass is 9.82. The van der Waals surface area contributed by atoms with E-state index in [1.165, 1.54) is 0 Å². The van der Waals surface area contributed by atoms with Gasteiger partial charge in [-0.3, -0.25) is 9.05 Å². The van der Waals surface area contributed by atoms with E-state index in [1.54, 1.807) is 0 Å². The summed E-state index contributed by atoms with van der Waals surface area (Å²) in [6.07, 6.45) is 5.74. The molecule has 1 heterocycles. The predicted octanol–water partition coefficient (Wildman–Crippen LogP) is 3.20. The maximum absolute atomic E-state index is 12.0. The average Bonchev–Trinajstić information content (AvgIpc) is 2.72. The minimum atomic E-state index is -3.39. The van der Waals surface area contributed by atoms with E-state index < -0.39 is 7.82 Å². The third-order valence-electron chi connectivity index (χ3n) is 3.03. The molecule has 0 N–H and O–H groups in total. The van der Waals surface area contributed by atoms with Crippen molar-refractivity contribution in [3.8, 4) is 0 Å². The van der Waals surface area contributed by atoms with Crippen molar-refractivity contribution in [2.24, 2.45) is 11.8 Å². The van der Waals surface area contributed by atoms with Crippen LogP contribution in [-0.4, -0.2) is 13.2 Å². The molecule has 1 saturated heterocycles. The fraction of sp³-hybridized carbons (Fsp3) is 0.600. The number of hydrogen-bond acceptors (Lipinski definition) is 4. The molecule has 16 heavy (non-hydrogen) atoms. The normalized spacial score (nSPS) is 35.8. The molecule has 0 amide bonds. The van der Waals surface area contributed by atoms with Gasteiger partial charge in [-0.25, -0.2) is 4.57 Å². The fourth-order valence-corrected chi connectivity index (χ4v) is 3.98. The van der Waals surface area contributed by atoms with Gasteiger partial charge < -0.3 is 4.52 Å². The second-order valence-corrected chi connectivity index (χ2v) is 6.07. The van der Waals surface area contributed by atoms with Gasteiger partial charge in [-0.15, -0.1) is 0 Å². The Morgan fingerprint density at radius 2 is 2.19 bits per heavy atom. The summed E-state index contributed by atoms with van der Waals surface area (Å²) in [4.78, 5) is 0. The lowest BCUT2D eigenvalue weighted by Crippen LogP contribution is -2.26. The summed E-state index contributed by atoms with van der Waals surface area (Å²) in [7, 11) is -3.39. The average molecular weight is 263 g/mol. The van der Waals surface area contributed by atoms with Crippen molar-refractivity contribution in [1.29, 1.82) is 0 Å². The van der Waals surface area contributed by atoms with Gasteiger partial charge in [0.15, 0.2) is 0 Å². The summed E-state index contributed by atoms with van der Waals surface area (Å²) in [5.41, 5.74) is 0. The Morgan fingerprint density at radius 1 is 1.44 bits per heavy atom. The van der Waals surface area contributed by atoms with Crippen LogP contribution in [0.15, 0.2) is 22.9 Å². The van der Waals surface area contributed by atoms with Gasteiger partial charge in [0, 0.05) is 11.8 Å². The van der Waals surface area contributed by atoms with Crippen molar-refractivity contribution in [2.75, 3.05) is 13.2 Å². The van der Waals surface area contributed by atoms with Crippen molar-refractivity contribution in [3.05, 3.63) is 22.9 Å². The smallest absolute Gasteiger partial charge is 0.407 e. The molecule has 1 fully saturated rings. The third-order valence-corrected chi connectivity index (χ3v) is 4.89. The monoisotopic (exact) mass is 262 g/mol. The molecular formula is C10H12ClO4P. The molecule has 6 heteroatoms. The van der Waals surface area contributed by atoms with Crippen molar-refractivity contribution < 1.29 is 18.1 Å². The molecule has 2 aliphatic carbocycles. The van der Waals surface area contributed by atoms with E-state index >= 15 is 0 Å². The molecular weight excluding hydrogens is 251 g/mol. The molecule has 0 aromatic rings. The molecule has 2 unspecified atom stereocenters. The predicted molar refractivity (Wildman–Crippen MR) is 58.8 cm³/mol. The fourth-order valence-electron chi connectivity index (χ4n) is 2.16. The van der Waals surface area contributed by atoms with Crippen LogP contribution in [0.1, 0.15) is 12.8 Å². The molecule has 0 radical (unpaired) electrons. The summed E-state index contributed by atoms with van der Waals surface area (Å²) < 4.78 is 27.5. The van der Waals surface area contributed by atoms with E-state index in [0.717, 1.165) is 12.8 Å². The second-order valence-electron chi connectivity index (χ2n) is 4.07. The van der Waals surface area contributed by atoms with Crippen LogP contribution in [0.5, 0.6) is 0 Å². The van der Waals surface area contributed by atoms with E-state index in [1.807, 2.05) is 0 Å². The Bertz CT molecular complexity index is 407. The van der Waals surface area contributed by atoms with Gasteiger partial charge in [-0.2, -0.15) is 0 Å². The molecule has 0 aromatic carbocycles. The Kier molecular flexibility index (Phi) is 2.63. The van der Waals surface area contributed by atoms with Crippen molar-refractivity contribution in [3.63, 3.8) is 0 Å². The van der Waals surface area contributed by atoms with E-state index in [9.17, 15) is 4.57 Å². The first-order valence-corrected chi connectivity index (χ1v) is 7.18. The van der Waals surface area contributed by atoms with Gasteiger partial charge in [0.25, 0.3) is 0 Å². The van der Waals surface area contributed by atoms with E-state index in [2.05, 4.69) is 12.2 Å². The Morgan fingerprint density at radius 3 is 2.94 bits per heavy atom. The van der Waals surface area contributed by atoms with Gasteiger partial charge in [-0.05, 0) is 12.8 Å². The minimum Gasteiger partial charge on any atom is -0.407 e. The van der Waals surface area contributed by atoms with Crippen LogP contribution >= 0.6 is 19.4 Å². The highest BCUT2D eigenvalue weighted by molar-refractivity contribution is 7.48. The van der Waals surface area contributed by atoms with Crippen molar-refractivity contribution >= 4 is 19.4 Å². The highest BCUT2D eigenvalue weighted by atomic mass is 35.5. The van der Waals surface area contributed by atoms with E-state index in [0.29, 0.717) is 24.0 Å². The lowest BCUT2D eigenvalue weighted by Gasteiger charge is -2.35.